The smallest absolute Gasteiger partial charge is 0.523 e. The molecular weight excluding hydrogens is 604 g/mol. The minimum atomic E-state index is -0.740. The second kappa shape index (κ2) is 15.1. The van der Waals surface area contributed by atoms with Crippen molar-refractivity contribution in [3.05, 3.63) is 115 Å². The van der Waals surface area contributed by atoms with Gasteiger partial charge in [-0.25, -0.2) is 0 Å². The molecule has 0 N–H and O–H groups in total. The fraction of sp³-hybridized carbons (Fsp3) is 0.0769. The minimum Gasteiger partial charge on any atom is -0.523 e. The van der Waals surface area contributed by atoms with Crippen LogP contribution >= 0.6 is 7.92 Å². The van der Waals surface area contributed by atoms with E-state index in [9.17, 15) is 9.59 Å². The Kier molecular flexibility index (Phi) is 12.9. The van der Waals surface area contributed by atoms with E-state index in [1.165, 1.54) is 36.2 Å². The fourth-order valence-electron chi connectivity index (χ4n) is 2.63. The maximum Gasteiger partial charge on any atom is 1.00 e. The monoisotopic (exact) mass is 628 g/mol. The van der Waals surface area contributed by atoms with Crippen molar-refractivity contribution in [2.24, 2.45) is 0 Å². The Bertz CT molecular complexity index is 912. The molecule has 0 aliphatic heterocycles. The standard InChI is InChI=1S/C18H15P.C8H9O4.Au/c1-4-10-16(11-5-1)19(17-12-6-2-7-13-17)18-14-8-3-9-15-18;1-4-6(8(10)12-3)5-7(9)11-2;/h1-15H;4H,1H2,2-3H3;/q;-1;+1. The van der Waals surface area contributed by atoms with E-state index in [1.807, 2.05) is 0 Å². The zero-order chi connectivity index (χ0) is 22.5. The number of esters is 2. The molecule has 6 heteroatoms. The summed E-state index contributed by atoms with van der Waals surface area (Å²) in [5, 5.41) is 4.19. The summed E-state index contributed by atoms with van der Waals surface area (Å²) in [4.78, 5) is 21.4. The molecule has 0 aromatic heterocycles. The maximum absolute atomic E-state index is 10.8. The molecule has 0 aliphatic rings. The molecule has 3 aromatic carbocycles. The minimum absolute atomic E-state index is 0. The van der Waals surface area contributed by atoms with Crippen molar-refractivity contribution in [3.63, 3.8) is 0 Å². The van der Waals surface area contributed by atoms with Gasteiger partial charge in [-0.3, -0.25) is 4.79 Å². The molecule has 3 rings (SSSR count). The van der Waals surface area contributed by atoms with Crippen LogP contribution in [-0.2, 0) is 41.4 Å². The van der Waals surface area contributed by atoms with Gasteiger partial charge in [0.25, 0.3) is 5.97 Å². The first kappa shape index (κ1) is 27.3. The molecule has 0 bridgehead atoms. The summed E-state index contributed by atoms with van der Waals surface area (Å²) in [5.74, 6) is -1.41. The van der Waals surface area contributed by atoms with Crippen molar-refractivity contribution in [3.8, 4) is 0 Å². The molecule has 0 heterocycles. The van der Waals surface area contributed by atoms with E-state index in [0.717, 1.165) is 0 Å². The third kappa shape index (κ3) is 8.41. The van der Waals surface area contributed by atoms with Crippen LogP contribution in [0.4, 0.5) is 0 Å². The average molecular weight is 628 g/mol. The summed E-state index contributed by atoms with van der Waals surface area (Å²) in [7, 11) is 1.94. The van der Waals surface area contributed by atoms with Gasteiger partial charge in [-0.15, -0.1) is 5.57 Å². The molecule has 0 atom stereocenters. The molecule has 0 aliphatic carbocycles. The second-order valence-corrected chi connectivity index (χ2v) is 8.29. The van der Waals surface area contributed by atoms with Gasteiger partial charge >= 0.3 is 22.4 Å². The van der Waals surface area contributed by atoms with Crippen LogP contribution in [-0.4, -0.2) is 26.2 Å². The summed E-state index contributed by atoms with van der Waals surface area (Å²) in [6.07, 6.45) is 3.30. The van der Waals surface area contributed by atoms with Crippen LogP contribution in [0.5, 0.6) is 0 Å². The molecule has 4 nitrogen and oxygen atoms in total. The SMILES string of the molecule is C=CC(=[C-]C(=O)OC)C(=O)OC.[Au+].c1ccc(P(c2ccccc2)c2ccccc2)cc1. The molecule has 0 unspecified atom stereocenters. The van der Waals surface area contributed by atoms with Crippen LogP contribution < -0.4 is 15.9 Å². The van der Waals surface area contributed by atoms with Crippen molar-refractivity contribution in [2.45, 2.75) is 0 Å². The number of methoxy groups -OCH3 is 2. The van der Waals surface area contributed by atoms with Gasteiger partial charge in [0.05, 0.1) is 14.2 Å². The predicted molar refractivity (Wildman–Crippen MR) is 126 cm³/mol. The fourth-order valence-corrected chi connectivity index (χ4v) is 4.94. The number of carbonyl (C=O) groups is 2. The predicted octanol–water partition coefficient (Wildman–Crippen LogP) is 3.69. The quantitative estimate of drug-likeness (QED) is 0.105. The first-order valence-corrected chi connectivity index (χ1v) is 10.8. The Labute approximate surface area is 206 Å². The number of ether oxygens (including phenoxy) is 2. The summed E-state index contributed by atoms with van der Waals surface area (Å²) in [6, 6.07) is 32.3. The van der Waals surface area contributed by atoms with Crippen LogP contribution in [0.1, 0.15) is 0 Å². The Morgan fingerprint density at radius 3 is 1.41 bits per heavy atom. The molecule has 0 amide bonds. The zero-order valence-corrected chi connectivity index (χ0v) is 20.9. The van der Waals surface area contributed by atoms with Crippen LogP contribution in [0.25, 0.3) is 0 Å². The number of rotatable bonds is 6. The number of carbonyl (C=O) groups excluding carboxylic acids is 2. The van der Waals surface area contributed by atoms with Crippen molar-refractivity contribution in [2.75, 3.05) is 14.2 Å². The van der Waals surface area contributed by atoms with Gasteiger partial charge in [-0.05, 0) is 23.8 Å². The first-order chi connectivity index (χ1) is 15.1. The second-order valence-electron chi connectivity index (χ2n) is 6.07. The van der Waals surface area contributed by atoms with E-state index in [2.05, 4.69) is 113 Å². The van der Waals surface area contributed by atoms with Crippen LogP contribution in [0, 0.1) is 6.08 Å². The number of benzene rings is 3. The van der Waals surface area contributed by atoms with E-state index >= 15 is 0 Å². The van der Waals surface area contributed by atoms with Crippen LogP contribution in [0.3, 0.4) is 0 Å². The van der Waals surface area contributed by atoms with E-state index < -0.39 is 19.9 Å². The van der Waals surface area contributed by atoms with Crippen molar-refractivity contribution in [1.82, 2.24) is 0 Å². The summed E-state index contributed by atoms with van der Waals surface area (Å²) < 4.78 is 8.58. The maximum atomic E-state index is 10.8. The molecule has 0 saturated heterocycles. The van der Waals surface area contributed by atoms with Crippen LogP contribution in [0.15, 0.2) is 109 Å². The van der Waals surface area contributed by atoms with Crippen LogP contribution in [0.2, 0.25) is 0 Å². The average Bonchev–Trinajstić information content (AvgIpc) is 2.84. The summed E-state index contributed by atoms with van der Waals surface area (Å²) >= 11 is 0. The number of hydrogen-bond donors (Lipinski definition) is 0. The van der Waals surface area contributed by atoms with Gasteiger partial charge in [-0.1, -0.05) is 97.1 Å². The molecule has 0 radical (unpaired) electrons. The van der Waals surface area contributed by atoms with Gasteiger partial charge in [-0.2, -0.15) is 12.7 Å². The topological polar surface area (TPSA) is 52.6 Å². The Balaban J connectivity index is 0.000000346. The Morgan fingerprint density at radius 1 is 0.750 bits per heavy atom. The van der Waals surface area contributed by atoms with E-state index in [1.54, 1.807) is 0 Å². The zero-order valence-electron chi connectivity index (χ0n) is 17.8. The van der Waals surface area contributed by atoms with Crippen molar-refractivity contribution >= 4 is 35.8 Å². The number of hydrogen-bond acceptors (Lipinski definition) is 4. The van der Waals surface area contributed by atoms with Gasteiger partial charge in [0.2, 0.25) is 5.97 Å². The van der Waals surface area contributed by atoms with E-state index in [4.69, 9.17) is 0 Å². The van der Waals surface area contributed by atoms with Gasteiger partial charge in [0.1, 0.15) is 0 Å². The third-order valence-corrected chi connectivity index (χ3v) is 6.52. The third-order valence-electron chi connectivity index (χ3n) is 4.07. The first-order valence-electron chi connectivity index (χ1n) is 9.48. The largest absolute Gasteiger partial charge is 1.00 e. The normalized spacial score (nSPS) is 10.2. The van der Waals surface area contributed by atoms with Gasteiger partial charge in [0.15, 0.2) is 0 Å². The molecular formula is C26H24AuO4P. The van der Waals surface area contributed by atoms with Crippen molar-refractivity contribution < 1.29 is 41.4 Å². The molecule has 168 valence electrons. The van der Waals surface area contributed by atoms with E-state index in [0.29, 0.717) is 0 Å². The molecule has 32 heavy (non-hydrogen) atoms. The van der Waals surface area contributed by atoms with Gasteiger partial charge < -0.3 is 14.3 Å². The summed E-state index contributed by atoms with van der Waals surface area (Å²) in [6.45, 7) is 3.31. The molecule has 0 spiro atoms. The Hall–Kier alpha value is -2.75. The summed E-state index contributed by atoms with van der Waals surface area (Å²) in [5.41, 5.74) is -0.0515. The Morgan fingerprint density at radius 2 is 1.12 bits per heavy atom. The van der Waals surface area contributed by atoms with Crippen molar-refractivity contribution in [1.29, 1.82) is 0 Å². The molecule has 3 aromatic rings. The van der Waals surface area contributed by atoms with E-state index in [-0.39, 0.29) is 28.0 Å². The molecule has 0 saturated carbocycles. The van der Waals surface area contributed by atoms with Gasteiger partial charge in [0, 0.05) is 0 Å². The molecule has 0 fully saturated rings.